The van der Waals surface area contributed by atoms with E-state index in [1.807, 2.05) is 31.2 Å². The van der Waals surface area contributed by atoms with Crippen molar-refractivity contribution in [2.75, 3.05) is 22.1 Å². The van der Waals surface area contributed by atoms with E-state index < -0.39 is 5.92 Å². The molecule has 0 aliphatic carbocycles. The molecule has 146 valence electrons. The number of hydrogen-bond acceptors (Lipinski definition) is 3. The number of anilines is 3. The number of aryl methyl sites for hydroxylation is 1. The molecule has 1 heterocycles. The first-order chi connectivity index (χ1) is 13.4. The van der Waals surface area contributed by atoms with E-state index in [0.29, 0.717) is 17.9 Å². The van der Waals surface area contributed by atoms with Gasteiger partial charge in [0.2, 0.25) is 17.7 Å². The first kappa shape index (κ1) is 19.6. The van der Waals surface area contributed by atoms with Gasteiger partial charge in [0.05, 0.1) is 5.92 Å². The predicted molar refractivity (Wildman–Crippen MR) is 110 cm³/mol. The molecule has 1 aliphatic heterocycles. The maximum absolute atomic E-state index is 12.8. The van der Waals surface area contributed by atoms with Crippen LogP contribution in [0.1, 0.15) is 31.4 Å². The number of nitrogens with zero attached hydrogens (tertiary/aromatic N) is 1. The first-order valence-corrected chi connectivity index (χ1v) is 9.46. The monoisotopic (exact) mass is 379 g/mol. The molecule has 28 heavy (non-hydrogen) atoms. The summed E-state index contributed by atoms with van der Waals surface area (Å²) in [5.41, 5.74) is 4.07. The van der Waals surface area contributed by atoms with Gasteiger partial charge in [-0.1, -0.05) is 25.1 Å². The van der Waals surface area contributed by atoms with Crippen LogP contribution in [0.2, 0.25) is 0 Å². The summed E-state index contributed by atoms with van der Waals surface area (Å²) in [7, 11) is 0. The lowest BCUT2D eigenvalue weighted by Gasteiger charge is -2.18. The zero-order chi connectivity index (χ0) is 20.3. The Morgan fingerprint density at radius 3 is 2.46 bits per heavy atom. The summed E-state index contributed by atoms with van der Waals surface area (Å²) in [6.45, 7) is 5.71. The van der Waals surface area contributed by atoms with E-state index in [0.717, 1.165) is 23.2 Å². The Bertz CT molecular complexity index is 923. The average molecular weight is 379 g/mol. The Morgan fingerprint density at radius 1 is 1.11 bits per heavy atom. The third-order valence-corrected chi connectivity index (χ3v) is 5.03. The summed E-state index contributed by atoms with van der Waals surface area (Å²) in [5.74, 6) is -0.817. The average Bonchev–Trinajstić information content (AvgIpc) is 3.06. The van der Waals surface area contributed by atoms with Crippen LogP contribution in [0.15, 0.2) is 42.5 Å². The van der Waals surface area contributed by atoms with Gasteiger partial charge in [-0.25, -0.2) is 0 Å². The van der Waals surface area contributed by atoms with Gasteiger partial charge in [-0.15, -0.1) is 0 Å². The Hall–Kier alpha value is -3.15. The van der Waals surface area contributed by atoms with Crippen LogP contribution in [0.25, 0.3) is 0 Å². The number of carbonyl (C=O) groups is 3. The van der Waals surface area contributed by atoms with E-state index in [1.54, 1.807) is 23.1 Å². The second kappa shape index (κ2) is 8.25. The van der Waals surface area contributed by atoms with Crippen molar-refractivity contribution in [3.05, 3.63) is 53.6 Å². The van der Waals surface area contributed by atoms with E-state index in [1.165, 1.54) is 6.92 Å². The largest absolute Gasteiger partial charge is 0.326 e. The van der Waals surface area contributed by atoms with Gasteiger partial charge >= 0.3 is 0 Å². The van der Waals surface area contributed by atoms with Crippen molar-refractivity contribution in [1.82, 2.24) is 0 Å². The Labute approximate surface area is 164 Å². The SMILES string of the molecule is CCc1cccc(N2CC(C(=O)Nc3cccc(NC(C)=O)c3C)CC2=O)c1. The molecule has 3 rings (SSSR count). The molecule has 2 aromatic rings. The van der Waals surface area contributed by atoms with Crippen molar-refractivity contribution in [1.29, 1.82) is 0 Å². The Kier molecular flexibility index (Phi) is 5.78. The predicted octanol–water partition coefficient (Wildman–Crippen LogP) is 3.51. The molecule has 1 fully saturated rings. The van der Waals surface area contributed by atoms with Crippen LogP contribution in [-0.4, -0.2) is 24.3 Å². The minimum absolute atomic E-state index is 0.0443. The second-order valence-electron chi connectivity index (χ2n) is 7.08. The minimum Gasteiger partial charge on any atom is -0.326 e. The van der Waals surface area contributed by atoms with Crippen molar-refractivity contribution in [2.24, 2.45) is 5.92 Å². The molecule has 1 saturated heterocycles. The molecule has 6 heteroatoms. The van der Waals surface area contributed by atoms with Crippen LogP contribution >= 0.6 is 0 Å². The van der Waals surface area contributed by atoms with Gasteiger partial charge in [-0.05, 0) is 48.7 Å². The highest BCUT2D eigenvalue weighted by Crippen LogP contribution is 2.28. The molecule has 0 saturated carbocycles. The van der Waals surface area contributed by atoms with Crippen LogP contribution in [0.4, 0.5) is 17.1 Å². The maximum atomic E-state index is 12.8. The topological polar surface area (TPSA) is 78.5 Å². The van der Waals surface area contributed by atoms with Crippen LogP contribution in [0, 0.1) is 12.8 Å². The molecule has 0 bridgehead atoms. The summed E-state index contributed by atoms with van der Waals surface area (Å²) in [5, 5.41) is 5.66. The third kappa shape index (κ3) is 4.22. The van der Waals surface area contributed by atoms with Gasteiger partial charge < -0.3 is 15.5 Å². The van der Waals surface area contributed by atoms with Crippen molar-refractivity contribution in [3.8, 4) is 0 Å². The Balaban J connectivity index is 1.72. The molecule has 3 amide bonds. The third-order valence-electron chi connectivity index (χ3n) is 5.03. The van der Waals surface area contributed by atoms with Gasteiger partial charge in [0.15, 0.2) is 0 Å². The lowest BCUT2D eigenvalue weighted by atomic mass is 10.1. The van der Waals surface area contributed by atoms with Crippen molar-refractivity contribution < 1.29 is 14.4 Å². The Morgan fingerprint density at radius 2 is 1.79 bits per heavy atom. The van der Waals surface area contributed by atoms with Crippen LogP contribution in [0.3, 0.4) is 0 Å². The molecule has 6 nitrogen and oxygen atoms in total. The second-order valence-corrected chi connectivity index (χ2v) is 7.08. The molecule has 1 aliphatic rings. The fourth-order valence-corrected chi connectivity index (χ4v) is 3.41. The fourth-order valence-electron chi connectivity index (χ4n) is 3.41. The highest BCUT2D eigenvalue weighted by Gasteiger charge is 2.35. The van der Waals surface area contributed by atoms with E-state index >= 15 is 0 Å². The molecular weight excluding hydrogens is 354 g/mol. The summed E-state index contributed by atoms with van der Waals surface area (Å²) in [6.07, 6.45) is 1.08. The molecule has 2 aromatic carbocycles. The standard InChI is InChI=1S/C22H25N3O3/c1-4-16-7-5-8-18(11-16)25-13-17(12-21(25)27)22(28)24-20-10-6-9-19(14(20)2)23-15(3)26/h5-11,17H,4,12-13H2,1-3H3,(H,23,26)(H,24,28). The zero-order valence-corrected chi connectivity index (χ0v) is 16.4. The molecular formula is C22H25N3O3. The summed E-state index contributed by atoms with van der Waals surface area (Å²) in [6, 6.07) is 13.2. The van der Waals surface area contributed by atoms with Crippen molar-refractivity contribution in [3.63, 3.8) is 0 Å². The normalized spacial score (nSPS) is 16.2. The molecule has 1 unspecified atom stereocenters. The highest BCUT2D eigenvalue weighted by molar-refractivity contribution is 6.04. The van der Waals surface area contributed by atoms with Crippen LogP contribution in [-0.2, 0) is 20.8 Å². The van der Waals surface area contributed by atoms with E-state index in [9.17, 15) is 14.4 Å². The first-order valence-electron chi connectivity index (χ1n) is 9.46. The molecule has 0 radical (unpaired) electrons. The van der Waals surface area contributed by atoms with E-state index in [2.05, 4.69) is 17.6 Å². The lowest BCUT2D eigenvalue weighted by molar-refractivity contribution is -0.122. The summed E-state index contributed by atoms with van der Waals surface area (Å²) in [4.78, 5) is 38.3. The number of rotatable bonds is 5. The minimum atomic E-state index is -0.415. The van der Waals surface area contributed by atoms with Gasteiger partial charge in [0, 0.05) is 37.0 Å². The lowest BCUT2D eigenvalue weighted by Crippen LogP contribution is -2.28. The van der Waals surface area contributed by atoms with Crippen LogP contribution < -0.4 is 15.5 Å². The molecule has 2 N–H and O–H groups in total. The van der Waals surface area contributed by atoms with Crippen LogP contribution in [0.5, 0.6) is 0 Å². The van der Waals surface area contributed by atoms with Gasteiger partial charge in [-0.3, -0.25) is 14.4 Å². The number of benzene rings is 2. The van der Waals surface area contributed by atoms with Gasteiger partial charge in [0.25, 0.3) is 0 Å². The molecule has 0 aromatic heterocycles. The zero-order valence-electron chi connectivity index (χ0n) is 16.4. The smallest absolute Gasteiger partial charge is 0.229 e. The number of hydrogen-bond donors (Lipinski definition) is 2. The van der Waals surface area contributed by atoms with E-state index in [4.69, 9.17) is 0 Å². The van der Waals surface area contributed by atoms with Crippen molar-refractivity contribution in [2.45, 2.75) is 33.6 Å². The highest BCUT2D eigenvalue weighted by atomic mass is 16.2. The fraction of sp³-hybridized carbons (Fsp3) is 0.318. The molecule has 1 atom stereocenters. The molecule has 0 spiro atoms. The maximum Gasteiger partial charge on any atom is 0.229 e. The number of carbonyl (C=O) groups excluding carboxylic acids is 3. The quantitative estimate of drug-likeness (QED) is 0.834. The van der Waals surface area contributed by atoms with Gasteiger partial charge in [0.1, 0.15) is 0 Å². The van der Waals surface area contributed by atoms with E-state index in [-0.39, 0.29) is 24.1 Å². The van der Waals surface area contributed by atoms with Gasteiger partial charge in [-0.2, -0.15) is 0 Å². The summed E-state index contributed by atoms with van der Waals surface area (Å²) < 4.78 is 0. The number of amides is 3. The number of nitrogens with one attached hydrogen (secondary N) is 2. The summed E-state index contributed by atoms with van der Waals surface area (Å²) >= 11 is 0. The van der Waals surface area contributed by atoms with Crippen molar-refractivity contribution >= 4 is 34.8 Å².